The van der Waals surface area contributed by atoms with Crippen LogP contribution in [0.25, 0.3) is 11.2 Å². The number of carbonyl (C=O) groups excluding carboxylic acids is 5. The van der Waals surface area contributed by atoms with Gasteiger partial charge in [0, 0.05) is 31.7 Å². The predicted octanol–water partition coefficient (Wildman–Crippen LogP) is 1.76. The Kier molecular flexibility index (Phi) is 17.4. The van der Waals surface area contributed by atoms with Crippen molar-refractivity contribution in [2.24, 2.45) is 5.73 Å². The minimum absolute atomic E-state index is 0.00570. The van der Waals surface area contributed by atoms with E-state index in [1.165, 1.54) is 40.0 Å². The van der Waals surface area contributed by atoms with Crippen molar-refractivity contribution in [3.63, 3.8) is 0 Å². The highest BCUT2D eigenvalue weighted by atomic mass is 31.3. The third-order valence-corrected chi connectivity index (χ3v) is 12.1. The second-order valence-corrected chi connectivity index (χ2v) is 17.5. The van der Waals surface area contributed by atoms with Gasteiger partial charge in [-0.3, -0.25) is 37.6 Å². The van der Waals surface area contributed by atoms with Crippen molar-refractivity contribution in [1.29, 1.82) is 0 Å². The van der Waals surface area contributed by atoms with Crippen molar-refractivity contribution in [1.82, 2.24) is 19.5 Å². The molecule has 1 amide bonds. The summed E-state index contributed by atoms with van der Waals surface area (Å²) in [5.41, 5.74) is 11.7. The fourth-order valence-corrected chi connectivity index (χ4v) is 8.76. The van der Waals surface area contributed by atoms with Gasteiger partial charge < -0.3 is 54.2 Å². The Labute approximate surface area is 366 Å². The van der Waals surface area contributed by atoms with Gasteiger partial charge in [-0.1, -0.05) is 27.7 Å². The normalized spacial score (nSPS) is 25.0. The zero-order chi connectivity index (χ0) is 46.8. The van der Waals surface area contributed by atoms with Crippen LogP contribution < -0.4 is 20.9 Å². The molecular formula is C37H51N7O18P2. The molecule has 3 aromatic heterocycles. The monoisotopic (exact) mass is 943 g/mol. The van der Waals surface area contributed by atoms with Crippen molar-refractivity contribution in [2.75, 3.05) is 18.9 Å². The number of ether oxygens (including phenoxy) is 6. The SMILES string of the molecule is CCCC(=O)O[C@@H]1[C@H](OC(=O)CCC)[C@@H](COP(=O)(O)OP(=O)([O-])OC[C@H]2O[C@@H]([n+]3cccc(C(N)=O)c3)[C@H](OC(=O)CCC)[C@@H]2OC(=O)CCC)O[C@H]1n1cnc2c(N)ncnc21. The number of rotatable bonds is 23. The molecule has 0 aliphatic carbocycles. The number of esters is 4. The van der Waals surface area contributed by atoms with Crippen LogP contribution in [0.4, 0.5) is 5.82 Å². The van der Waals surface area contributed by atoms with E-state index in [0.717, 1.165) is 6.33 Å². The quantitative estimate of drug-likeness (QED) is 0.0527. The third-order valence-electron chi connectivity index (χ3n) is 9.52. The Morgan fingerprint density at radius 1 is 0.797 bits per heavy atom. The summed E-state index contributed by atoms with van der Waals surface area (Å²) in [6.07, 6.45) is -5.28. The lowest BCUT2D eigenvalue weighted by Gasteiger charge is -2.28. The molecule has 0 aromatic carbocycles. The molecule has 25 nitrogen and oxygen atoms in total. The molecule has 3 aromatic rings. The van der Waals surface area contributed by atoms with Gasteiger partial charge in [0.1, 0.15) is 29.6 Å². The van der Waals surface area contributed by atoms with E-state index < -0.39 is 108 Å². The summed E-state index contributed by atoms with van der Waals surface area (Å²) in [5.74, 6) is -3.75. The predicted molar refractivity (Wildman–Crippen MR) is 212 cm³/mol. The highest BCUT2D eigenvalue weighted by molar-refractivity contribution is 7.60. The fourth-order valence-electron chi connectivity index (χ4n) is 6.70. The Morgan fingerprint density at radius 2 is 1.33 bits per heavy atom. The van der Waals surface area contributed by atoms with E-state index in [9.17, 15) is 42.9 Å². The average Bonchev–Trinajstić information content (AvgIpc) is 3.90. The summed E-state index contributed by atoms with van der Waals surface area (Å²) in [4.78, 5) is 99.5. The molecule has 0 saturated carbocycles. The molecule has 5 rings (SSSR count). The zero-order valence-corrected chi connectivity index (χ0v) is 37.1. The highest BCUT2D eigenvalue weighted by Gasteiger charge is 2.55. The van der Waals surface area contributed by atoms with Gasteiger partial charge in [0.2, 0.25) is 6.10 Å². The van der Waals surface area contributed by atoms with E-state index in [0.29, 0.717) is 25.7 Å². The summed E-state index contributed by atoms with van der Waals surface area (Å²) in [6, 6.07) is 2.84. The minimum atomic E-state index is -5.86. The lowest BCUT2D eigenvalue weighted by Crippen LogP contribution is -2.49. The number of carbonyl (C=O) groups is 5. The van der Waals surface area contributed by atoms with E-state index in [1.807, 2.05) is 0 Å². The minimum Gasteiger partial charge on any atom is -0.756 e. The summed E-state index contributed by atoms with van der Waals surface area (Å²) in [7, 11) is -11.5. The van der Waals surface area contributed by atoms with Crippen LogP contribution in [0, 0.1) is 0 Å². The number of phosphoric acid groups is 2. The van der Waals surface area contributed by atoms with Crippen LogP contribution in [-0.2, 0) is 70.1 Å². The number of aromatic nitrogens is 5. The van der Waals surface area contributed by atoms with Crippen LogP contribution in [0.3, 0.4) is 0 Å². The number of hydrogen-bond acceptors (Lipinski definition) is 21. The number of imidazole rings is 1. The molecule has 2 unspecified atom stereocenters. The number of phosphoric ester groups is 2. The Hall–Kier alpha value is -4.97. The van der Waals surface area contributed by atoms with Gasteiger partial charge in [-0.25, -0.2) is 23.8 Å². The second kappa shape index (κ2) is 22.3. The molecule has 352 valence electrons. The zero-order valence-electron chi connectivity index (χ0n) is 35.3. The van der Waals surface area contributed by atoms with Crippen LogP contribution in [0.15, 0.2) is 37.2 Å². The molecule has 64 heavy (non-hydrogen) atoms. The number of amides is 1. The summed E-state index contributed by atoms with van der Waals surface area (Å²) in [5, 5.41) is 0. The average molecular weight is 944 g/mol. The maximum atomic E-state index is 13.3. The van der Waals surface area contributed by atoms with E-state index in [-0.39, 0.29) is 48.2 Å². The Morgan fingerprint density at radius 3 is 1.91 bits per heavy atom. The van der Waals surface area contributed by atoms with Crippen LogP contribution >= 0.6 is 15.6 Å². The van der Waals surface area contributed by atoms with Gasteiger partial charge in [-0.2, -0.15) is 4.57 Å². The first kappa shape index (κ1) is 50.0. The van der Waals surface area contributed by atoms with Gasteiger partial charge in [0.05, 0.1) is 19.5 Å². The molecular weight excluding hydrogens is 892 g/mol. The van der Waals surface area contributed by atoms with E-state index in [1.54, 1.807) is 27.7 Å². The lowest BCUT2D eigenvalue weighted by atomic mass is 10.1. The van der Waals surface area contributed by atoms with Crippen molar-refractivity contribution in [3.8, 4) is 0 Å². The van der Waals surface area contributed by atoms with Crippen molar-refractivity contribution in [2.45, 2.75) is 128 Å². The van der Waals surface area contributed by atoms with Gasteiger partial charge in [-0.15, -0.1) is 0 Å². The summed E-state index contributed by atoms with van der Waals surface area (Å²) >= 11 is 0. The molecule has 5 N–H and O–H groups in total. The van der Waals surface area contributed by atoms with Gasteiger partial charge in [-0.05, 0) is 31.7 Å². The number of anilines is 1. The molecule has 5 heterocycles. The molecule has 0 radical (unpaired) electrons. The summed E-state index contributed by atoms with van der Waals surface area (Å²) < 4.78 is 78.5. The molecule has 10 atom stereocenters. The van der Waals surface area contributed by atoms with E-state index in [2.05, 4.69) is 19.3 Å². The maximum absolute atomic E-state index is 13.3. The second-order valence-electron chi connectivity index (χ2n) is 14.5. The number of pyridine rings is 1. The first-order valence-electron chi connectivity index (χ1n) is 20.4. The van der Waals surface area contributed by atoms with E-state index >= 15 is 0 Å². The molecule has 2 aliphatic heterocycles. The topological polar surface area (TPSA) is 345 Å². The van der Waals surface area contributed by atoms with Gasteiger partial charge >= 0.3 is 37.9 Å². The Balaban J connectivity index is 1.36. The van der Waals surface area contributed by atoms with Crippen molar-refractivity contribution >= 4 is 62.4 Å². The number of fused-ring (bicyclic) bond motifs is 1. The fraction of sp³-hybridized carbons (Fsp3) is 0.595. The number of nitrogen functional groups attached to an aromatic ring is 1. The first-order chi connectivity index (χ1) is 30.4. The van der Waals surface area contributed by atoms with Gasteiger partial charge in [0.15, 0.2) is 48.4 Å². The van der Waals surface area contributed by atoms with Crippen LogP contribution in [-0.4, -0.2) is 104 Å². The number of hydrogen-bond donors (Lipinski definition) is 3. The van der Waals surface area contributed by atoms with Crippen LogP contribution in [0.2, 0.25) is 0 Å². The molecule has 2 fully saturated rings. The van der Waals surface area contributed by atoms with Crippen molar-refractivity contribution < 1.29 is 89.2 Å². The summed E-state index contributed by atoms with van der Waals surface area (Å²) in [6.45, 7) is 4.83. The highest BCUT2D eigenvalue weighted by Crippen LogP contribution is 2.58. The molecule has 2 saturated heterocycles. The van der Waals surface area contributed by atoms with E-state index in [4.69, 9.17) is 48.9 Å². The van der Waals surface area contributed by atoms with Crippen molar-refractivity contribution in [3.05, 3.63) is 42.7 Å². The number of nitrogens with two attached hydrogens (primary N) is 2. The van der Waals surface area contributed by atoms with Crippen LogP contribution in [0.1, 0.15) is 102 Å². The largest absolute Gasteiger partial charge is 0.756 e. The Bertz CT molecular complexity index is 2250. The smallest absolute Gasteiger partial charge is 0.478 e. The molecule has 2 aliphatic rings. The first-order valence-corrected chi connectivity index (χ1v) is 23.3. The molecule has 0 bridgehead atoms. The van der Waals surface area contributed by atoms with Crippen LogP contribution in [0.5, 0.6) is 0 Å². The molecule has 0 spiro atoms. The standard InChI is InChI=1S/C37H51N7O18P2/c1-5-10-24(45)58-29-22(56-36(31(29)60-26(47)12-7-3)43-15-9-14-21(16-43)34(39)49)17-54-63(50,51)62-64(52,53)55-18-23-30(59-25(46)11-6-2)32(61-27(48)13-8-4)37(57-23)44-20-42-28-33(38)40-19-41-35(28)44/h9,14-16,19-20,22-23,29-32,36-37H,5-8,10-13,17-18H2,1-4H3,(H5-,38,39,40,41,49,50,51,52,53)/t22-,23-,29-,30-,31-,32-,36-,37-/m1/s1. The van der Waals surface area contributed by atoms with Gasteiger partial charge in [0.25, 0.3) is 13.7 Å². The third kappa shape index (κ3) is 12.9. The number of primary amides is 1. The number of nitrogens with zero attached hydrogens (tertiary/aromatic N) is 5. The molecule has 27 heteroatoms. The maximum Gasteiger partial charge on any atom is 0.478 e. The lowest BCUT2D eigenvalue weighted by molar-refractivity contribution is -0.765.